The van der Waals surface area contributed by atoms with Crippen molar-refractivity contribution in [3.63, 3.8) is 0 Å². The Morgan fingerprint density at radius 1 is 1.56 bits per heavy atom. The number of aryl methyl sites for hydroxylation is 1. The third kappa shape index (κ3) is 2.80. The van der Waals surface area contributed by atoms with E-state index in [1.54, 1.807) is 7.11 Å². The molecule has 3 N–H and O–H groups in total. The van der Waals surface area contributed by atoms with Crippen LogP contribution in [0.4, 0.5) is 5.69 Å². The number of aliphatic hydroxyl groups is 1. The third-order valence-electron chi connectivity index (χ3n) is 3.03. The van der Waals surface area contributed by atoms with E-state index in [4.69, 9.17) is 4.74 Å². The summed E-state index contributed by atoms with van der Waals surface area (Å²) in [4.78, 5) is 11.8. The van der Waals surface area contributed by atoms with Crippen LogP contribution in [0.25, 0.3) is 0 Å². The van der Waals surface area contributed by atoms with E-state index in [2.05, 4.69) is 10.6 Å². The summed E-state index contributed by atoms with van der Waals surface area (Å²) in [7, 11) is 1.56. The molecule has 0 unspecified atom stereocenters. The Hall–Kier alpha value is -1.59. The minimum absolute atomic E-state index is 0.0943. The van der Waals surface area contributed by atoms with Gasteiger partial charge in [-0.2, -0.15) is 0 Å². The molecule has 0 bridgehead atoms. The first-order valence-corrected chi connectivity index (χ1v) is 5.90. The highest BCUT2D eigenvalue weighted by Gasteiger charge is 2.36. The molecule has 0 spiro atoms. The van der Waals surface area contributed by atoms with Gasteiger partial charge in [-0.15, -0.1) is 0 Å². The maximum atomic E-state index is 11.8. The van der Waals surface area contributed by atoms with E-state index in [-0.39, 0.29) is 12.3 Å². The van der Waals surface area contributed by atoms with Crippen LogP contribution >= 0.6 is 0 Å². The molecule has 1 aromatic carbocycles. The monoisotopic (exact) mass is 250 g/mol. The highest BCUT2D eigenvalue weighted by Crippen LogP contribution is 2.26. The van der Waals surface area contributed by atoms with Crippen LogP contribution in [0, 0.1) is 6.92 Å². The van der Waals surface area contributed by atoms with Crippen molar-refractivity contribution in [1.82, 2.24) is 5.32 Å². The highest BCUT2D eigenvalue weighted by molar-refractivity contribution is 5.93. The van der Waals surface area contributed by atoms with Gasteiger partial charge in [-0.3, -0.25) is 4.79 Å². The summed E-state index contributed by atoms with van der Waals surface area (Å²) in [6.07, 6.45) is 0.0943. The number of anilines is 1. The lowest BCUT2D eigenvalue weighted by Gasteiger charge is -2.36. The van der Waals surface area contributed by atoms with Crippen LogP contribution in [0.15, 0.2) is 18.2 Å². The number of ether oxygens (including phenoxy) is 1. The highest BCUT2D eigenvalue weighted by atomic mass is 16.5. The van der Waals surface area contributed by atoms with Crippen LogP contribution in [-0.4, -0.2) is 36.8 Å². The molecule has 1 fully saturated rings. The first-order valence-electron chi connectivity index (χ1n) is 5.90. The van der Waals surface area contributed by atoms with Gasteiger partial charge in [0.05, 0.1) is 24.8 Å². The van der Waals surface area contributed by atoms with E-state index in [9.17, 15) is 9.90 Å². The van der Waals surface area contributed by atoms with Crippen molar-refractivity contribution in [3.8, 4) is 5.75 Å². The van der Waals surface area contributed by atoms with E-state index in [0.29, 0.717) is 24.5 Å². The number of benzene rings is 1. The molecule has 1 aliphatic rings. The molecule has 1 aromatic rings. The summed E-state index contributed by atoms with van der Waals surface area (Å²) >= 11 is 0. The largest absolute Gasteiger partial charge is 0.495 e. The van der Waals surface area contributed by atoms with Gasteiger partial charge < -0.3 is 20.5 Å². The van der Waals surface area contributed by atoms with Crippen LogP contribution in [0.3, 0.4) is 0 Å². The van der Waals surface area contributed by atoms with Gasteiger partial charge in [0.25, 0.3) is 0 Å². The standard InChI is InChI=1S/C13H18N2O3/c1-9-3-4-11(18-2)10(5-9)15-12(16)6-13(17)7-14-8-13/h3-5,14,17H,6-8H2,1-2H3,(H,15,16). The summed E-state index contributed by atoms with van der Waals surface area (Å²) < 4.78 is 5.18. The zero-order valence-corrected chi connectivity index (χ0v) is 10.6. The number of carbonyl (C=O) groups excluding carboxylic acids is 1. The van der Waals surface area contributed by atoms with Gasteiger partial charge in [0.1, 0.15) is 5.75 Å². The second kappa shape index (κ2) is 4.96. The molecule has 0 aliphatic carbocycles. The first kappa shape index (κ1) is 12.9. The molecule has 1 aliphatic heterocycles. The van der Waals surface area contributed by atoms with Crippen molar-refractivity contribution in [1.29, 1.82) is 0 Å². The lowest BCUT2D eigenvalue weighted by Crippen LogP contribution is -2.60. The molecule has 18 heavy (non-hydrogen) atoms. The number of amides is 1. The SMILES string of the molecule is COc1ccc(C)cc1NC(=O)CC1(O)CNC1. The van der Waals surface area contributed by atoms with Crippen LogP contribution in [0.1, 0.15) is 12.0 Å². The maximum Gasteiger partial charge on any atom is 0.227 e. The van der Waals surface area contributed by atoms with Gasteiger partial charge in [0, 0.05) is 13.1 Å². The average Bonchev–Trinajstić information content (AvgIpc) is 2.27. The Bertz CT molecular complexity index is 456. The lowest BCUT2D eigenvalue weighted by atomic mass is 9.93. The number of rotatable bonds is 4. The number of carbonyl (C=O) groups is 1. The number of hydrogen-bond acceptors (Lipinski definition) is 4. The van der Waals surface area contributed by atoms with Crippen LogP contribution in [-0.2, 0) is 4.79 Å². The summed E-state index contributed by atoms with van der Waals surface area (Å²) in [5.41, 5.74) is 0.773. The fraction of sp³-hybridized carbons (Fsp3) is 0.462. The normalized spacial score (nSPS) is 16.8. The van der Waals surface area contributed by atoms with Gasteiger partial charge >= 0.3 is 0 Å². The average molecular weight is 250 g/mol. The Morgan fingerprint density at radius 3 is 2.83 bits per heavy atom. The fourth-order valence-electron chi connectivity index (χ4n) is 1.95. The van der Waals surface area contributed by atoms with E-state index < -0.39 is 5.60 Å². The van der Waals surface area contributed by atoms with E-state index in [1.807, 2.05) is 25.1 Å². The molecule has 1 saturated heterocycles. The zero-order valence-electron chi connectivity index (χ0n) is 10.6. The van der Waals surface area contributed by atoms with Gasteiger partial charge in [0.15, 0.2) is 0 Å². The second-order valence-corrected chi connectivity index (χ2v) is 4.76. The molecular weight excluding hydrogens is 232 g/mol. The first-order chi connectivity index (χ1) is 8.52. The predicted molar refractivity (Wildman–Crippen MR) is 68.8 cm³/mol. The Morgan fingerprint density at radius 2 is 2.28 bits per heavy atom. The minimum atomic E-state index is -0.902. The van der Waals surface area contributed by atoms with Crippen molar-refractivity contribution in [2.45, 2.75) is 18.9 Å². The molecule has 1 amide bonds. The van der Waals surface area contributed by atoms with Gasteiger partial charge in [-0.25, -0.2) is 0 Å². The van der Waals surface area contributed by atoms with Crippen molar-refractivity contribution >= 4 is 11.6 Å². The molecular formula is C13H18N2O3. The summed E-state index contributed by atoms with van der Waals surface area (Å²) in [6.45, 7) is 2.87. The smallest absolute Gasteiger partial charge is 0.227 e. The van der Waals surface area contributed by atoms with Crippen LogP contribution < -0.4 is 15.4 Å². The zero-order chi connectivity index (χ0) is 13.2. The van der Waals surface area contributed by atoms with Gasteiger partial charge in [-0.1, -0.05) is 6.07 Å². The molecule has 1 heterocycles. The number of methoxy groups -OCH3 is 1. The van der Waals surface area contributed by atoms with Gasteiger partial charge in [0.2, 0.25) is 5.91 Å². The molecule has 5 heteroatoms. The van der Waals surface area contributed by atoms with Crippen molar-refractivity contribution < 1.29 is 14.6 Å². The lowest BCUT2D eigenvalue weighted by molar-refractivity contribution is -0.123. The fourth-order valence-corrected chi connectivity index (χ4v) is 1.95. The Labute approximate surface area is 106 Å². The van der Waals surface area contributed by atoms with Gasteiger partial charge in [-0.05, 0) is 24.6 Å². The Kier molecular flexibility index (Phi) is 3.54. The quantitative estimate of drug-likeness (QED) is 0.734. The summed E-state index contributed by atoms with van der Waals surface area (Å²) in [5, 5.41) is 15.6. The molecule has 5 nitrogen and oxygen atoms in total. The number of hydrogen-bond donors (Lipinski definition) is 3. The van der Waals surface area contributed by atoms with Crippen LogP contribution in [0.2, 0.25) is 0 Å². The maximum absolute atomic E-state index is 11.8. The summed E-state index contributed by atoms with van der Waals surface area (Å²) in [5.74, 6) is 0.413. The molecule has 0 aromatic heterocycles. The molecule has 98 valence electrons. The van der Waals surface area contributed by atoms with Crippen molar-refractivity contribution in [2.24, 2.45) is 0 Å². The van der Waals surface area contributed by atoms with Crippen LogP contribution in [0.5, 0.6) is 5.75 Å². The Balaban J connectivity index is 2.04. The van der Waals surface area contributed by atoms with Crippen molar-refractivity contribution in [2.75, 3.05) is 25.5 Å². The number of nitrogens with one attached hydrogen (secondary N) is 2. The summed E-state index contributed by atoms with van der Waals surface area (Å²) in [6, 6.07) is 5.57. The van der Waals surface area contributed by atoms with Crippen molar-refractivity contribution in [3.05, 3.63) is 23.8 Å². The minimum Gasteiger partial charge on any atom is -0.495 e. The molecule has 0 atom stereocenters. The van der Waals surface area contributed by atoms with E-state index in [0.717, 1.165) is 5.56 Å². The van der Waals surface area contributed by atoms with E-state index in [1.165, 1.54) is 0 Å². The molecule has 0 saturated carbocycles. The number of β-amino-alcohol motifs (C(OH)–C–C–N with tert-alkyl or cyclic N) is 1. The van der Waals surface area contributed by atoms with E-state index >= 15 is 0 Å². The predicted octanol–water partition coefficient (Wildman–Crippen LogP) is 0.667. The molecule has 2 rings (SSSR count). The molecule has 0 radical (unpaired) electrons. The second-order valence-electron chi connectivity index (χ2n) is 4.76. The topological polar surface area (TPSA) is 70.6 Å². The third-order valence-corrected chi connectivity index (χ3v) is 3.03.